The van der Waals surface area contributed by atoms with Gasteiger partial charge in [-0.25, -0.2) is 4.98 Å². The second kappa shape index (κ2) is 5.29. The fourth-order valence-corrected chi connectivity index (χ4v) is 2.43. The smallest absolute Gasteiger partial charge is 0.138 e. The minimum Gasteiger partial charge on any atom is -0.338 e. The van der Waals surface area contributed by atoms with Crippen molar-refractivity contribution in [1.82, 2.24) is 9.97 Å². The van der Waals surface area contributed by atoms with Crippen molar-refractivity contribution >= 4 is 45.7 Å². The first-order valence-electron chi connectivity index (χ1n) is 6.34. The molecule has 0 spiro atoms. The van der Waals surface area contributed by atoms with Crippen molar-refractivity contribution in [2.75, 3.05) is 0 Å². The monoisotopic (exact) mass is 364 g/mol. The topological polar surface area (TPSA) is 28.7 Å². The SMILES string of the molecule is [Sn].c1ccc2cc(-c3nc4ccccc4[nH]3)ccc2c1. The Bertz CT molecular complexity index is 847. The third-order valence-electron chi connectivity index (χ3n) is 3.41. The average molecular weight is 363 g/mol. The maximum atomic E-state index is 4.63. The van der Waals surface area contributed by atoms with Gasteiger partial charge < -0.3 is 4.98 Å². The summed E-state index contributed by atoms with van der Waals surface area (Å²) in [7, 11) is 0. The van der Waals surface area contributed by atoms with E-state index in [1.165, 1.54) is 10.8 Å². The quantitative estimate of drug-likeness (QED) is 0.509. The van der Waals surface area contributed by atoms with Gasteiger partial charge in [-0.2, -0.15) is 0 Å². The Kier molecular flexibility index (Phi) is 3.49. The van der Waals surface area contributed by atoms with Gasteiger partial charge in [-0.15, -0.1) is 0 Å². The largest absolute Gasteiger partial charge is 0.338 e. The molecule has 4 aromatic rings. The second-order valence-electron chi connectivity index (χ2n) is 4.66. The number of H-pyrrole nitrogens is 1. The molecule has 0 saturated carbocycles. The molecule has 4 radical (unpaired) electrons. The Hall–Kier alpha value is -1.81. The van der Waals surface area contributed by atoms with Gasteiger partial charge in [0, 0.05) is 29.5 Å². The van der Waals surface area contributed by atoms with Crippen LogP contribution in [0.4, 0.5) is 0 Å². The molecule has 0 atom stereocenters. The summed E-state index contributed by atoms with van der Waals surface area (Å²) in [5.41, 5.74) is 3.20. The maximum Gasteiger partial charge on any atom is 0.138 e. The average Bonchev–Trinajstić information content (AvgIpc) is 2.90. The molecule has 20 heavy (non-hydrogen) atoms. The van der Waals surface area contributed by atoms with E-state index in [9.17, 15) is 0 Å². The first kappa shape index (κ1) is 13.2. The Morgan fingerprint density at radius 3 is 2.35 bits per heavy atom. The molecule has 0 fully saturated rings. The van der Waals surface area contributed by atoms with E-state index in [1.54, 1.807) is 0 Å². The van der Waals surface area contributed by atoms with E-state index in [-0.39, 0.29) is 23.9 Å². The summed E-state index contributed by atoms with van der Waals surface area (Å²) >= 11 is 0. The summed E-state index contributed by atoms with van der Waals surface area (Å²) in [4.78, 5) is 8.00. The fraction of sp³-hybridized carbons (Fsp3) is 0. The summed E-state index contributed by atoms with van der Waals surface area (Å²) in [6, 6.07) is 22.9. The van der Waals surface area contributed by atoms with Crippen LogP contribution < -0.4 is 0 Å². The molecule has 1 N–H and O–H groups in total. The van der Waals surface area contributed by atoms with Crippen molar-refractivity contribution < 1.29 is 0 Å². The number of hydrogen-bond donors (Lipinski definition) is 1. The summed E-state index contributed by atoms with van der Waals surface area (Å²) < 4.78 is 0. The van der Waals surface area contributed by atoms with Crippen LogP contribution >= 0.6 is 0 Å². The van der Waals surface area contributed by atoms with Crippen molar-refractivity contribution in [2.45, 2.75) is 0 Å². The molecule has 0 aliphatic rings. The summed E-state index contributed by atoms with van der Waals surface area (Å²) in [5.74, 6) is 0.923. The molecule has 0 saturated heterocycles. The molecule has 1 aromatic heterocycles. The zero-order valence-electron chi connectivity index (χ0n) is 10.8. The van der Waals surface area contributed by atoms with Gasteiger partial charge in [0.15, 0.2) is 0 Å². The van der Waals surface area contributed by atoms with Gasteiger partial charge in [0.1, 0.15) is 5.82 Å². The van der Waals surface area contributed by atoms with Crippen LogP contribution in [0.2, 0.25) is 0 Å². The van der Waals surface area contributed by atoms with Crippen molar-refractivity contribution in [3.8, 4) is 11.4 Å². The van der Waals surface area contributed by atoms with Gasteiger partial charge in [0.25, 0.3) is 0 Å². The Balaban J connectivity index is 0.00000121. The Labute approximate surface area is 133 Å². The van der Waals surface area contributed by atoms with Crippen LogP contribution in [0.5, 0.6) is 0 Å². The van der Waals surface area contributed by atoms with Gasteiger partial charge in [-0.3, -0.25) is 0 Å². The van der Waals surface area contributed by atoms with Crippen LogP contribution in [-0.2, 0) is 0 Å². The van der Waals surface area contributed by atoms with Gasteiger partial charge in [0.05, 0.1) is 11.0 Å². The molecule has 0 bridgehead atoms. The molecule has 94 valence electrons. The number of aromatic nitrogens is 2. The van der Waals surface area contributed by atoms with E-state index in [0.717, 1.165) is 22.4 Å². The summed E-state index contributed by atoms with van der Waals surface area (Å²) in [6.45, 7) is 0. The summed E-state index contributed by atoms with van der Waals surface area (Å²) in [6.07, 6.45) is 0. The van der Waals surface area contributed by atoms with E-state index in [1.807, 2.05) is 24.3 Å². The normalized spacial score (nSPS) is 10.6. The van der Waals surface area contributed by atoms with Crippen molar-refractivity contribution in [2.24, 2.45) is 0 Å². The predicted octanol–water partition coefficient (Wildman–Crippen LogP) is 4.00. The van der Waals surface area contributed by atoms with Crippen LogP contribution in [-0.4, -0.2) is 33.9 Å². The standard InChI is InChI=1S/C17H12N2.Sn/c1-2-6-13-11-14(10-9-12(13)5-1)17-18-15-7-3-4-8-16(15)19-17;/h1-11H,(H,18,19);. The molecular formula is C17H12N2Sn. The van der Waals surface area contributed by atoms with E-state index in [4.69, 9.17) is 0 Å². The third-order valence-corrected chi connectivity index (χ3v) is 3.41. The number of fused-ring (bicyclic) bond motifs is 2. The zero-order chi connectivity index (χ0) is 12.7. The zero-order valence-corrected chi connectivity index (χ0v) is 13.7. The fourth-order valence-electron chi connectivity index (χ4n) is 2.43. The molecule has 0 aliphatic heterocycles. The van der Waals surface area contributed by atoms with Crippen molar-refractivity contribution in [3.63, 3.8) is 0 Å². The van der Waals surface area contributed by atoms with Gasteiger partial charge in [-0.1, -0.05) is 48.5 Å². The first-order chi connectivity index (χ1) is 9.40. The molecule has 3 aromatic carbocycles. The van der Waals surface area contributed by atoms with E-state index >= 15 is 0 Å². The number of para-hydroxylation sites is 2. The number of imidazole rings is 1. The number of nitrogens with one attached hydrogen (secondary N) is 1. The molecule has 3 heteroatoms. The molecule has 1 heterocycles. The van der Waals surface area contributed by atoms with E-state index < -0.39 is 0 Å². The van der Waals surface area contributed by atoms with Crippen molar-refractivity contribution in [3.05, 3.63) is 66.7 Å². The number of nitrogens with zero attached hydrogens (tertiary/aromatic N) is 1. The van der Waals surface area contributed by atoms with E-state index in [2.05, 4.69) is 52.4 Å². The number of rotatable bonds is 1. The van der Waals surface area contributed by atoms with Crippen LogP contribution in [0.15, 0.2) is 66.7 Å². The second-order valence-corrected chi connectivity index (χ2v) is 4.66. The van der Waals surface area contributed by atoms with Gasteiger partial charge in [0.2, 0.25) is 0 Å². The van der Waals surface area contributed by atoms with Gasteiger partial charge in [-0.05, 0) is 29.0 Å². The van der Waals surface area contributed by atoms with Crippen molar-refractivity contribution in [1.29, 1.82) is 0 Å². The Morgan fingerprint density at radius 1 is 0.750 bits per heavy atom. The minimum atomic E-state index is 0. The molecule has 0 aliphatic carbocycles. The van der Waals surface area contributed by atoms with Crippen LogP contribution in [0, 0.1) is 0 Å². The summed E-state index contributed by atoms with van der Waals surface area (Å²) in [5, 5.41) is 2.49. The predicted molar refractivity (Wildman–Crippen MR) is 84.8 cm³/mol. The van der Waals surface area contributed by atoms with E-state index in [0.29, 0.717) is 0 Å². The molecule has 2 nitrogen and oxygen atoms in total. The van der Waals surface area contributed by atoms with Crippen LogP contribution in [0.25, 0.3) is 33.2 Å². The van der Waals surface area contributed by atoms with Crippen LogP contribution in [0.3, 0.4) is 0 Å². The number of hydrogen-bond acceptors (Lipinski definition) is 1. The molecular weight excluding hydrogens is 351 g/mol. The Morgan fingerprint density at radius 2 is 1.50 bits per heavy atom. The maximum absolute atomic E-state index is 4.63. The molecule has 0 amide bonds. The van der Waals surface area contributed by atoms with Crippen LogP contribution in [0.1, 0.15) is 0 Å². The number of aromatic amines is 1. The van der Waals surface area contributed by atoms with Gasteiger partial charge >= 0.3 is 0 Å². The first-order valence-corrected chi connectivity index (χ1v) is 6.34. The number of benzene rings is 3. The minimum absolute atomic E-state index is 0. The third kappa shape index (κ3) is 2.20. The molecule has 4 rings (SSSR count). The molecule has 0 unspecified atom stereocenters.